The summed E-state index contributed by atoms with van der Waals surface area (Å²) in [4.78, 5) is 7.89. The standard InChI is InChI=1S/C24H26FN5O5S/c1-14-9-10-20(35-14)24-29-28-21(30(24)22-18(33-4)7-6-8-19(22)34-5)13-36(31,32)16(3)15(2)23-26-11-17(25)12-27-23/h6-12,15-16H,13H2,1-5H3/t15-,16+/m0/s1. The van der Waals surface area contributed by atoms with Gasteiger partial charge in [0.15, 0.2) is 27.2 Å². The number of aromatic nitrogens is 5. The van der Waals surface area contributed by atoms with Crippen LogP contribution in [0.15, 0.2) is 47.1 Å². The number of methoxy groups -OCH3 is 2. The summed E-state index contributed by atoms with van der Waals surface area (Å²) in [6.45, 7) is 5.04. The van der Waals surface area contributed by atoms with Gasteiger partial charge in [-0.3, -0.25) is 4.57 Å². The summed E-state index contributed by atoms with van der Waals surface area (Å²) in [6, 6.07) is 8.71. The summed E-state index contributed by atoms with van der Waals surface area (Å²) < 4.78 is 58.8. The van der Waals surface area contributed by atoms with Crippen LogP contribution < -0.4 is 9.47 Å². The van der Waals surface area contributed by atoms with Gasteiger partial charge < -0.3 is 13.9 Å². The van der Waals surface area contributed by atoms with Crippen LogP contribution in [-0.4, -0.2) is 52.6 Å². The van der Waals surface area contributed by atoms with Crippen molar-refractivity contribution in [3.63, 3.8) is 0 Å². The Kier molecular flexibility index (Phi) is 7.07. The zero-order chi connectivity index (χ0) is 26.0. The Morgan fingerprint density at radius 2 is 1.67 bits per heavy atom. The van der Waals surface area contributed by atoms with Gasteiger partial charge in [0.2, 0.25) is 5.82 Å². The maximum absolute atomic E-state index is 13.5. The van der Waals surface area contributed by atoms with Gasteiger partial charge >= 0.3 is 0 Å². The number of para-hydroxylation sites is 1. The van der Waals surface area contributed by atoms with Crippen LogP contribution in [-0.2, 0) is 15.6 Å². The topological polar surface area (TPSA) is 122 Å². The minimum atomic E-state index is -3.81. The third kappa shape index (κ3) is 4.81. The Balaban J connectivity index is 1.81. The van der Waals surface area contributed by atoms with Crippen LogP contribution in [0, 0.1) is 12.7 Å². The summed E-state index contributed by atoms with van der Waals surface area (Å²) >= 11 is 0. The van der Waals surface area contributed by atoms with Crippen LogP contribution in [0.25, 0.3) is 17.3 Å². The van der Waals surface area contributed by atoms with Crippen molar-refractivity contribution in [2.45, 2.75) is 37.7 Å². The second-order valence-electron chi connectivity index (χ2n) is 8.26. The molecule has 0 unspecified atom stereocenters. The molecule has 0 aliphatic carbocycles. The lowest BCUT2D eigenvalue weighted by atomic mass is 10.1. The van der Waals surface area contributed by atoms with Crippen LogP contribution in [0.3, 0.4) is 0 Å². The van der Waals surface area contributed by atoms with Gasteiger partial charge in [-0.05, 0) is 38.1 Å². The highest BCUT2D eigenvalue weighted by atomic mass is 32.2. The third-order valence-electron chi connectivity index (χ3n) is 5.96. The number of benzene rings is 1. The van der Waals surface area contributed by atoms with Crippen LogP contribution in [0.4, 0.5) is 4.39 Å². The lowest BCUT2D eigenvalue weighted by Gasteiger charge is -2.20. The van der Waals surface area contributed by atoms with Crippen LogP contribution in [0.2, 0.25) is 0 Å². The molecule has 12 heteroatoms. The lowest BCUT2D eigenvalue weighted by Crippen LogP contribution is -2.27. The molecule has 4 rings (SSSR count). The first kappa shape index (κ1) is 25.3. The molecule has 0 fully saturated rings. The second-order valence-corrected chi connectivity index (χ2v) is 10.6. The van der Waals surface area contributed by atoms with E-state index in [2.05, 4.69) is 20.2 Å². The zero-order valence-corrected chi connectivity index (χ0v) is 21.3. The van der Waals surface area contributed by atoms with Gasteiger partial charge in [-0.25, -0.2) is 22.8 Å². The fourth-order valence-electron chi connectivity index (χ4n) is 3.80. The molecule has 10 nitrogen and oxygen atoms in total. The highest BCUT2D eigenvalue weighted by molar-refractivity contribution is 7.91. The second kappa shape index (κ2) is 10.1. The lowest BCUT2D eigenvalue weighted by molar-refractivity contribution is 0.390. The van der Waals surface area contributed by atoms with Gasteiger partial charge in [-0.1, -0.05) is 13.0 Å². The molecule has 1 aromatic carbocycles. The first-order valence-electron chi connectivity index (χ1n) is 11.1. The normalized spacial score (nSPS) is 13.4. The minimum Gasteiger partial charge on any atom is -0.494 e. The molecule has 0 aliphatic rings. The molecule has 2 atom stereocenters. The summed E-state index contributed by atoms with van der Waals surface area (Å²) in [5.74, 6) is 0.929. The molecule has 0 bridgehead atoms. The van der Waals surface area contributed by atoms with Crippen molar-refractivity contribution in [3.05, 3.63) is 66.0 Å². The fourth-order valence-corrected chi connectivity index (χ4v) is 5.35. The van der Waals surface area contributed by atoms with Crippen molar-refractivity contribution >= 4 is 9.84 Å². The van der Waals surface area contributed by atoms with Gasteiger partial charge in [-0.15, -0.1) is 10.2 Å². The Bertz CT molecular complexity index is 1440. The van der Waals surface area contributed by atoms with Crippen LogP contribution in [0.5, 0.6) is 11.5 Å². The summed E-state index contributed by atoms with van der Waals surface area (Å²) in [6.07, 6.45) is 2.03. The maximum atomic E-state index is 13.5. The van der Waals surface area contributed by atoms with E-state index in [1.807, 2.05) is 0 Å². The molecule has 0 saturated heterocycles. The van der Waals surface area contributed by atoms with E-state index in [1.165, 1.54) is 14.2 Å². The van der Waals surface area contributed by atoms with Gasteiger partial charge in [0, 0.05) is 5.92 Å². The third-order valence-corrected chi connectivity index (χ3v) is 8.17. The number of halogens is 1. The predicted molar refractivity (Wildman–Crippen MR) is 129 cm³/mol. The van der Waals surface area contributed by atoms with Crippen molar-refractivity contribution in [1.82, 2.24) is 24.7 Å². The predicted octanol–water partition coefficient (Wildman–Crippen LogP) is 3.89. The Morgan fingerprint density at radius 3 is 2.22 bits per heavy atom. The minimum absolute atomic E-state index is 0.140. The average Bonchev–Trinajstić information content (AvgIpc) is 3.48. The first-order valence-corrected chi connectivity index (χ1v) is 12.8. The Labute approximate surface area is 208 Å². The quantitative estimate of drug-likeness (QED) is 0.327. The van der Waals surface area contributed by atoms with E-state index in [4.69, 9.17) is 13.9 Å². The molecule has 0 spiro atoms. The van der Waals surface area contributed by atoms with E-state index < -0.39 is 32.6 Å². The van der Waals surface area contributed by atoms with Gasteiger partial charge in [0.05, 0.1) is 31.9 Å². The molecule has 3 heterocycles. The highest BCUT2D eigenvalue weighted by Crippen LogP contribution is 2.37. The Hall–Kier alpha value is -3.80. The number of ether oxygens (including phenoxy) is 2. The van der Waals surface area contributed by atoms with E-state index in [0.717, 1.165) is 12.4 Å². The molecule has 0 N–H and O–H groups in total. The molecule has 0 amide bonds. The van der Waals surface area contributed by atoms with Crippen molar-refractivity contribution in [2.24, 2.45) is 0 Å². The molecular formula is C24H26FN5O5S. The van der Waals surface area contributed by atoms with Crippen LogP contribution in [0.1, 0.15) is 37.2 Å². The molecule has 3 aromatic heterocycles. The van der Waals surface area contributed by atoms with E-state index in [9.17, 15) is 12.8 Å². The highest BCUT2D eigenvalue weighted by Gasteiger charge is 2.33. The Morgan fingerprint density at radius 1 is 1.03 bits per heavy atom. The van der Waals surface area contributed by atoms with E-state index in [0.29, 0.717) is 34.5 Å². The van der Waals surface area contributed by atoms with Crippen molar-refractivity contribution < 1.29 is 26.7 Å². The molecule has 190 valence electrons. The SMILES string of the molecule is COc1cccc(OC)c1-n1c(CS(=O)(=O)[C@H](C)[C@H](C)c2ncc(F)cn2)nnc1-c1ccc(C)o1. The molecule has 0 saturated carbocycles. The molecule has 0 radical (unpaired) electrons. The number of aryl methyl sites for hydroxylation is 1. The monoisotopic (exact) mass is 515 g/mol. The number of sulfone groups is 1. The van der Waals surface area contributed by atoms with Gasteiger partial charge in [-0.2, -0.15) is 0 Å². The number of furan rings is 1. The summed E-state index contributed by atoms with van der Waals surface area (Å²) in [7, 11) is -0.809. The molecule has 36 heavy (non-hydrogen) atoms. The average molecular weight is 516 g/mol. The largest absolute Gasteiger partial charge is 0.494 e. The number of nitrogens with zero attached hydrogens (tertiary/aromatic N) is 5. The van der Waals surface area contributed by atoms with E-state index in [1.54, 1.807) is 55.7 Å². The van der Waals surface area contributed by atoms with Crippen molar-refractivity contribution in [2.75, 3.05) is 14.2 Å². The number of hydrogen-bond donors (Lipinski definition) is 0. The fraction of sp³-hybridized carbons (Fsp3) is 0.333. The molecule has 4 aromatic rings. The van der Waals surface area contributed by atoms with Crippen molar-refractivity contribution in [1.29, 1.82) is 0 Å². The summed E-state index contributed by atoms with van der Waals surface area (Å²) in [5, 5.41) is 7.58. The van der Waals surface area contributed by atoms with Gasteiger partial charge in [0.25, 0.3) is 0 Å². The van der Waals surface area contributed by atoms with E-state index in [-0.39, 0.29) is 11.6 Å². The maximum Gasteiger partial charge on any atom is 0.204 e. The number of hydrogen-bond acceptors (Lipinski definition) is 9. The first-order chi connectivity index (χ1) is 17.2. The van der Waals surface area contributed by atoms with Crippen molar-refractivity contribution in [3.8, 4) is 28.8 Å². The van der Waals surface area contributed by atoms with Gasteiger partial charge in [0.1, 0.15) is 34.5 Å². The molecular weight excluding hydrogens is 489 g/mol. The zero-order valence-electron chi connectivity index (χ0n) is 20.5. The smallest absolute Gasteiger partial charge is 0.204 e. The summed E-state index contributed by atoms with van der Waals surface area (Å²) in [5.41, 5.74) is 0.435. The number of rotatable bonds is 9. The molecule has 0 aliphatic heterocycles. The van der Waals surface area contributed by atoms with E-state index >= 15 is 0 Å². The van der Waals surface area contributed by atoms with Crippen LogP contribution >= 0.6 is 0 Å².